The maximum absolute atomic E-state index is 12.6. The number of carbonyl (C=O) groups is 2. The molecule has 7 nitrogen and oxygen atoms in total. The van der Waals surface area contributed by atoms with Gasteiger partial charge in [0.05, 0.1) is 34.2 Å². The lowest BCUT2D eigenvalue weighted by Gasteiger charge is -2.14. The van der Waals surface area contributed by atoms with Gasteiger partial charge in [0.15, 0.2) is 0 Å². The lowest BCUT2D eigenvalue weighted by molar-refractivity contribution is -0.385. The second kappa shape index (κ2) is 8.20. The number of aryl methyl sites for hydroxylation is 2. The molecule has 1 aliphatic heterocycles. The van der Waals surface area contributed by atoms with Gasteiger partial charge in [-0.1, -0.05) is 36.4 Å². The van der Waals surface area contributed by atoms with Crippen molar-refractivity contribution in [3.05, 3.63) is 110 Å². The largest absolute Gasteiger partial charge is 0.272 e. The summed E-state index contributed by atoms with van der Waals surface area (Å²) < 4.78 is 0. The molecule has 7 heteroatoms. The van der Waals surface area contributed by atoms with Gasteiger partial charge in [-0.2, -0.15) is 5.26 Å². The van der Waals surface area contributed by atoms with Gasteiger partial charge in [-0.15, -0.1) is 0 Å². The molecule has 4 rings (SSSR count). The smallest absolute Gasteiger partial charge is 0.270 e. The van der Waals surface area contributed by atoms with E-state index in [0.29, 0.717) is 40.7 Å². The summed E-state index contributed by atoms with van der Waals surface area (Å²) in [4.78, 5) is 37.4. The summed E-state index contributed by atoms with van der Waals surface area (Å²) in [5.41, 5.74) is 3.28. The molecule has 0 aliphatic carbocycles. The Morgan fingerprint density at radius 1 is 0.871 bits per heavy atom. The van der Waals surface area contributed by atoms with E-state index in [4.69, 9.17) is 5.26 Å². The minimum absolute atomic E-state index is 0.0247. The summed E-state index contributed by atoms with van der Waals surface area (Å²) in [5.74, 6) is -0.790. The first kappa shape index (κ1) is 20.0. The average molecular weight is 411 g/mol. The maximum Gasteiger partial charge on any atom is 0.272 e. The zero-order valence-corrected chi connectivity index (χ0v) is 16.4. The van der Waals surface area contributed by atoms with Crippen molar-refractivity contribution < 1.29 is 14.5 Å². The maximum atomic E-state index is 12.6. The molecule has 3 aromatic rings. The molecular formula is C24H17N3O4. The minimum Gasteiger partial charge on any atom is -0.270 e. The molecular weight excluding hydrogens is 394 g/mol. The van der Waals surface area contributed by atoms with Crippen LogP contribution in [0.1, 0.15) is 43.0 Å². The molecule has 0 bridgehead atoms. The second-order valence-electron chi connectivity index (χ2n) is 7.27. The van der Waals surface area contributed by atoms with Crippen LogP contribution in [-0.4, -0.2) is 21.6 Å². The number of nitriles is 1. The third-order valence-electron chi connectivity index (χ3n) is 5.33. The molecule has 2 amide bonds. The van der Waals surface area contributed by atoms with Crippen molar-refractivity contribution in [1.82, 2.24) is 4.90 Å². The van der Waals surface area contributed by atoms with Crippen LogP contribution in [0.25, 0.3) is 0 Å². The third kappa shape index (κ3) is 3.91. The zero-order chi connectivity index (χ0) is 22.0. The van der Waals surface area contributed by atoms with Crippen LogP contribution in [-0.2, 0) is 19.4 Å². The third-order valence-corrected chi connectivity index (χ3v) is 5.33. The summed E-state index contributed by atoms with van der Waals surface area (Å²) in [6.45, 7) is -0.0247. The molecule has 0 N–H and O–H groups in total. The fraction of sp³-hybridized carbons (Fsp3) is 0.125. The van der Waals surface area contributed by atoms with Gasteiger partial charge in [-0.05, 0) is 48.2 Å². The number of fused-ring (bicyclic) bond motifs is 1. The summed E-state index contributed by atoms with van der Waals surface area (Å²) in [7, 11) is 0. The van der Waals surface area contributed by atoms with Crippen molar-refractivity contribution in [2.75, 3.05) is 0 Å². The van der Waals surface area contributed by atoms with E-state index in [1.165, 1.54) is 6.07 Å². The van der Waals surface area contributed by atoms with E-state index >= 15 is 0 Å². The van der Waals surface area contributed by atoms with E-state index in [1.807, 2.05) is 12.1 Å². The van der Waals surface area contributed by atoms with Crippen LogP contribution in [0.3, 0.4) is 0 Å². The highest BCUT2D eigenvalue weighted by atomic mass is 16.6. The molecule has 0 spiro atoms. The van der Waals surface area contributed by atoms with E-state index in [9.17, 15) is 19.7 Å². The van der Waals surface area contributed by atoms with Gasteiger partial charge >= 0.3 is 0 Å². The van der Waals surface area contributed by atoms with Crippen molar-refractivity contribution in [3.8, 4) is 6.07 Å². The Balaban J connectivity index is 1.52. The number of imide groups is 1. The van der Waals surface area contributed by atoms with E-state index in [0.717, 1.165) is 10.5 Å². The number of carbonyl (C=O) groups excluding carboxylic acids is 2. The van der Waals surface area contributed by atoms with Gasteiger partial charge in [0.25, 0.3) is 17.5 Å². The SMILES string of the molecule is N#Cc1ccc(CCc2ccc(CN3C(=O)c4ccccc4C3=O)cc2[N+](=O)[O-])cc1. The van der Waals surface area contributed by atoms with E-state index in [-0.39, 0.29) is 12.2 Å². The Kier molecular flexibility index (Phi) is 5.29. The first-order chi connectivity index (χ1) is 15.0. The van der Waals surface area contributed by atoms with E-state index < -0.39 is 16.7 Å². The van der Waals surface area contributed by atoms with Gasteiger partial charge in [0.2, 0.25) is 0 Å². The van der Waals surface area contributed by atoms with Crippen molar-refractivity contribution in [3.63, 3.8) is 0 Å². The number of nitrogens with zero attached hydrogens (tertiary/aromatic N) is 3. The average Bonchev–Trinajstić information content (AvgIpc) is 3.03. The highest BCUT2D eigenvalue weighted by molar-refractivity contribution is 6.21. The molecule has 31 heavy (non-hydrogen) atoms. The van der Waals surface area contributed by atoms with Crippen molar-refractivity contribution in [2.24, 2.45) is 0 Å². The van der Waals surface area contributed by atoms with Gasteiger partial charge in [0, 0.05) is 11.6 Å². The summed E-state index contributed by atoms with van der Waals surface area (Å²) in [5, 5.41) is 20.5. The van der Waals surface area contributed by atoms with Crippen LogP contribution in [0.5, 0.6) is 0 Å². The number of rotatable bonds is 6. The topological polar surface area (TPSA) is 104 Å². The monoisotopic (exact) mass is 411 g/mol. The van der Waals surface area contributed by atoms with Crippen molar-refractivity contribution >= 4 is 17.5 Å². The molecule has 3 aromatic carbocycles. The quantitative estimate of drug-likeness (QED) is 0.346. The number of amides is 2. The van der Waals surface area contributed by atoms with Crippen molar-refractivity contribution in [1.29, 1.82) is 5.26 Å². The molecule has 1 heterocycles. The summed E-state index contributed by atoms with van der Waals surface area (Å²) in [6, 6.07) is 20.6. The van der Waals surface area contributed by atoms with Gasteiger partial charge in [-0.25, -0.2) is 0 Å². The van der Waals surface area contributed by atoms with Gasteiger partial charge in [-0.3, -0.25) is 24.6 Å². The van der Waals surface area contributed by atoms with Gasteiger partial charge in [0.1, 0.15) is 0 Å². The molecule has 1 aliphatic rings. The van der Waals surface area contributed by atoms with Crippen LogP contribution in [0.2, 0.25) is 0 Å². The van der Waals surface area contributed by atoms with Crippen LogP contribution >= 0.6 is 0 Å². The predicted octanol–water partition coefficient (Wildman–Crippen LogP) is 4.05. The van der Waals surface area contributed by atoms with Crippen LogP contribution in [0.4, 0.5) is 5.69 Å². The molecule has 152 valence electrons. The molecule has 0 atom stereocenters. The lowest BCUT2D eigenvalue weighted by atomic mass is 10.0. The number of benzene rings is 3. The van der Waals surface area contributed by atoms with Crippen LogP contribution in [0, 0.1) is 21.4 Å². The Hall–Kier alpha value is -4.31. The van der Waals surface area contributed by atoms with Gasteiger partial charge < -0.3 is 0 Å². The molecule has 0 radical (unpaired) electrons. The standard InChI is InChI=1S/C24H17N3O4/c25-14-17-7-5-16(6-8-17)9-11-19-12-10-18(13-22(19)27(30)31)15-26-23(28)20-3-1-2-4-21(20)24(26)29/h1-8,10,12-13H,9,11,15H2. The minimum atomic E-state index is -0.444. The normalized spacial score (nSPS) is 12.5. The summed E-state index contributed by atoms with van der Waals surface area (Å²) in [6.07, 6.45) is 1.04. The lowest BCUT2D eigenvalue weighted by Crippen LogP contribution is -2.29. The first-order valence-corrected chi connectivity index (χ1v) is 9.68. The Morgan fingerprint density at radius 3 is 2.06 bits per heavy atom. The Bertz CT molecular complexity index is 1210. The molecule has 0 saturated heterocycles. The fourth-order valence-electron chi connectivity index (χ4n) is 3.68. The number of nitro benzene ring substituents is 1. The molecule has 0 fully saturated rings. The molecule has 0 aromatic heterocycles. The highest BCUT2D eigenvalue weighted by Crippen LogP contribution is 2.27. The Morgan fingerprint density at radius 2 is 1.48 bits per heavy atom. The Labute approximate surface area is 178 Å². The van der Waals surface area contributed by atoms with E-state index in [1.54, 1.807) is 48.5 Å². The predicted molar refractivity (Wildman–Crippen MR) is 112 cm³/mol. The van der Waals surface area contributed by atoms with Crippen molar-refractivity contribution in [2.45, 2.75) is 19.4 Å². The molecule has 0 unspecified atom stereocenters. The highest BCUT2D eigenvalue weighted by Gasteiger charge is 2.35. The molecule has 0 saturated carbocycles. The van der Waals surface area contributed by atoms with Crippen LogP contribution < -0.4 is 0 Å². The number of hydrogen-bond acceptors (Lipinski definition) is 5. The number of nitro groups is 1. The first-order valence-electron chi connectivity index (χ1n) is 9.68. The summed E-state index contributed by atoms with van der Waals surface area (Å²) >= 11 is 0. The fourth-order valence-corrected chi connectivity index (χ4v) is 3.68. The zero-order valence-electron chi connectivity index (χ0n) is 16.4. The second-order valence-corrected chi connectivity index (χ2v) is 7.27. The van der Waals surface area contributed by atoms with Crippen LogP contribution in [0.15, 0.2) is 66.7 Å². The number of hydrogen-bond donors (Lipinski definition) is 0. The van der Waals surface area contributed by atoms with E-state index in [2.05, 4.69) is 6.07 Å².